The minimum Gasteiger partial charge on any atom is -0.488 e. The number of ether oxygens (including phenoxy) is 1. The van der Waals surface area contributed by atoms with Crippen LogP contribution in [0.4, 0.5) is 0 Å². The van der Waals surface area contributed by atoms with Crippen molar-refractivity contribution in [3.63, 3.8) is 0 Å². The van der Waals surface area contributed by atoms with Crippen molar-refractivity contribution < 1.29 is 9.53 Å². The Morgan fingerprint density at radius 2 is 1.61 bits per heavy atom. The molecule has 0 heterocycles. The molecule has 0 saturated carbocycles. The van der Waals surface area contributed by atoms with E-state index < -0.39 is 0 Å². The minimum absolute atomic E-state index is 0.0347. The van der Waals surface area contributed by atoms with Crippen LogP contribution in [0.1, 0.15) is 69.4 Å². The Labute approximate surface area is 169 Å². The highest BCUT2D eigenvalue weighted by Gasteiger charge is 2.03. The maximum absolute atomic E-state index is 11.9. The summed E-state index contributed by atoms with van der Waals surface area (Å²) in [6, 6.07) is 17.7. The third-order valence-electron chi connectivity index (χ3n) is 4.56. The van der Waals surface area contributed by atoms with Gasteiger partial charge in [-0.1, -0.05) is 87.9 Å². The van der Waals surface area contributed by atoms with Crippen molar-refractivity contribution in [2.45, 2.75) is 64.9 Å². The van der Waals surface area contributed by atoms with Crippen LogP contribution in [0.2, 0.25) is 0 Å². The summed E-state index contributed by atoms with van der Waals surface area (Å²) in [6.45, 7) is 2.72. The molecule has 0 unspecified atom stereocenters. The summed E-state index contributed by atoms with van der Waals surface area (Å²) in [5, 5.41) is 4.09. The lowest BCUT2D eigenvalue weighted by Crippen LogP contribution is -2.17. The molecule has 1 N–H and O–H groups in total. The smallest absolute Gasteiger partial charge is 0.240 e. The lowest BCUT2D eigenvalue weighted by Gasteiger charge is -2.09. The molecule has 1 amide bonds. The van der Waals surface area contributed by atoms with Gasteiger partial charge in [-0.05, 0) is 24.1 Å². The van der Waals surface area contributed by atoms with Gasteiger partial charge in [0.15, 0.2) is 0 Å². The van der Waals surface area contributed by atoms with Gasteiger partial charge >= 0.3 is 0 Å². The number of unbranched alkanes of at least 4 members (excludes halogenated alkanes) is 6. The van der Waals surface area contributed by atoms with E-state index in [2.05, 4.69) is 17.5 Å². The van der Waals surface area contributed by atoms with Crippen LogP contribution >= 0.6 is 0 Å². The zero-order valence-corrected chi connectivity index (χ0v) is 16.9. The molecule has 4 heteroatoms. The third-order valence-corrected chi connectivity index (χ3v) is 4.56. The number of amides is 1. The van der Waals surface area contributed by atoms with Crippen molar-refractivity contribution in [2.24, 2.45) is 5.10 Å². The Balaban J connectivity index is 1.71. The van der Waals surface area contributed by atoms with E-state index >= 15 is 0 Å². The van der Waals surface area contributed by atoms with Gasteiger partial charge in [-0.15, -0.1) is 0 Å². The van der Waals surface area contributed by atoms with E-state index in [0.29, 0.717) is 13.0 Å². The van der Waals surface area contributed by atoms with E-state index in [4.69, 9.17) is 4.74 Å². The number of hydrazone groups is 1. The zero-order valence-electron chi connectivity index (χ0n) is 16.9. The number of hydrogen-bond acceptors (Lipinski definition) is 3. The van der Waals surface area contributed by atoms with E-state index in [9.17, 15) is 4.79 Å². The summed E-state index contributed by atoms with van der Waals surface area (Å²) in [5.74, 6) is 0.712. The molecule has 0 aliphatic heterocycles. The van der Waals surface area contributed by atoms with Crippen molar-refractivity contribution >= 4 is 12.1 Å². The number of nitrogens with zero attached hydrogens (tertiary/aromatic N) is 1. The van der Waals surface area contributed by atoms with Gasteiger partial charge in [0.1, 0.15) is 12.4 Å². The minimum atomic E-state index is -0.0347. The van der Waals surface area contributed by atoms with Crippen LogP contribution in [0.15, 0.2) is 59.7 Å². The number of rotatable bonds is 13. The summed E-state index contributed by atoms with van der Waals surface area (Å²) in [4.78, 5) is 11.9. The van der Waals surface area contributed by atoms with E-state index in [-0.39, 0.29) is 5.91 Å². The molecule has 0 spiro atoms. The summed E-state index contributed by atoms with van der Waals surface area (Å²) in [6.07, 6.45) is 10.6. The predicted octanol–water partition coefficient (Wildman–Crippen LogP) is 5.86. The van der Waals surface area contributed by atoms with Gasteiger partial charge in [0, 0.05) is 12.0 Å². The Kier molecular flexibility index (Phi) is 10.5. The number of benzene rings is 2. The number of carbonyl (C=O) groups is 1. The molecule has 28 heavy (non-hydrogen) atoms. The zero-order chi connectivity index (χ0) is 19.9. The SMILES string of the molecule is CCCCCCCCCC(=O)N/N=C\c1ccccc1OCc1ccccc1. The van der Waals surface area contributed by atoms with Gasteiger partial charge in [-0.3, -0.25) is 4.79 Å². The Hall–Kier alpha value is -2.62. The van der Waals surface area contributed by atoms with Crippen molar-refractivity contribution in [2.75, 3.05) is 0 Å². The third kappa shape index (κ3) is 8.85. The van der Waals surface area contributed by atoms with E-state index in [1.807, 2.05) is 54.6 Å². The fourth-order valence-electron chi connectivity index (χ4n) is 2.93. The van der Waals surface area contributed by atoms with E-state index in [1.54, 1.807) is 6.21 Å². The van der Waals surface area contributed by atoms with Gasteiger partial charge in [0.05, 0.1) is 6.21 Å². The molecule has 0 atom stereocenters. The molecule has 150 valence electrons. The number of para-hydroxylation sites is 1. The van der Waals surface area contributed by atoms with Crippen molar-refractivity contribution in [3.05, 3.63) is 65.7 Å². The Morgan fingerprint density at radius 3 is 2.39 bits per heavy atom. The van der Waals surface area contributed by atoms with Gasteiger partial charge in [-0.2, -0.15) is 5.10 Å². The molecule has 4 nitrogen and oxygen atoms in total. The highest BCUT2D eigenvalue weighted by Crippen LogP contribution is 2.17. The maximum atomic E-state index is 11.9. The lowest BCUT2D eigenvalue weighted by atomic mass is 10.1. The largest absolute Gasteiger partial charge is 0.488 e. The first-order valence-electron chi connectivity index (χ1n) is 10.4. The highest BCUT2D eigenvalue weighted by molar-refractivity contribution is 5.85. The molecular weight excluding hydrogens is 348 g/mol. The van der Waals surface area contributed by atoms with Crippen LogP contribution in [-0.2, 0) is 11.4 Å². The summed E-state index contributed by atoms with van der Waals surface area (Å²) >= 11 is 0. The fourth-order valence-corrected chi connectivity index (χ4v) is 2.93. The monoisotopic (exact) mass is 380 g/mol. The topological polar surface area (TPSA) is 50.7 Å². The van der Waals surface area contributed by atoms with Crippen LogP contribution in [0.5, 0.6) is 5.75 Å². The predicted molar refractivity (Wildman–Crippen MR) is 116 cm³/mol. The van der Waals surface area contributed by atoms with Crippen molar-refractivity contribution in [1.82, 2.24) is 5.43 Å². The summed E-state index contributed by atoms with van der Waals surface area (Å²) < 4.78 is 5.90. The second kappa shape index (κ2) is 13.5. The maximum Gasteiger partial charge on any atom is 0.240 e. The van der Waals surface area contributed by atoms with Crippen LogP contribution in [0, 0.1) is 0 Å². The second-order valence-electron chi connectivity index (χ2n) is 6.98. The van der Waals surface area contributed by atoms with Gasteiger partial charge in [-0.25, -0.2) is 5.43 Å². The average molecular weight is 381 g/mol. The number of carbonyl (C=O) groups excluding carboxylic acids is 1. The summed E-state index contributed by atoms with van der Waals surface area (Å²) in [5.41, 5.74) is 4.57. The van der Waals surface area contributed by atoms with Crippen molar-refractivity contribution in [1.29, 1.82) is 0 Å². The van der Waals surface area contributed by atoms with Crippen LogP contribution in [0.25, 0.3) is 0 Å². The molecule has 2 aromatic rings. The quantitative estimate of drug-likeness (QED) is 0.269. The molecule has 0 aromatic heterocycles. The molecule has 0 saturated heterocycles. The number of hydrogen-bond donors (Lipinski definition) is 1. The summed E-state index contributed by atoms with van der Waals surface area (Å²) in [7, 11) is 0. The lowest BCUT2D eigenvalue weighted by molar-refractivity contribution is -0.121. The van der Waals surface area contributed by atoms with Crippen LogP contribution < -0.4 is 10.2 Å². The molecule has 0 radical (unpaired) electrons. The van der Waals surface area contributed by atoms with Crippen LogP contribution in [0.3, 0.4) is 0 Å². The van der Waals surface area contributed by atoms with E-state index in [0.717, 1.165) is 29.7 Å². The molecule has 2 aromatic carbocycles. The molecule has 0 fully saturated rings. The number of nitrogens with one attached hydrogen (secondary N) is 1. The molecule has 2 rings (SSSR count). The van der Waals surface area contributed by atoms with Crippen molar-refractivity contribution in [3.8, 4) is 5.75 Å². The first kappa shape index (κ1) is 21.7. The van der Waals surface area contributed by atoms with Gasteiger partial charge in [0.2, 0.25) is 5.91 Å². The first-order chi connectivity index (χ1) is 13.8. The average Bonchev–Trinajstić information content (AvgIpc) is 2.73. The van der Waals surface area contributed by atoms with Crippen LogP contribution in [-0.4, -0.2) is 12.1 Å². The first-order valence-corrected chi connectivity index (χ1v) is 10.4. The standard InChI is InChI=1S/C24H32N2O2/c1-2-3-4-5-6-7-11-18-24(27)26-25-19-22-16-12-13-17-23(22)28-20-21-14-9-8-10-15-21/h8-10,12-17,19H,2-7,11,18,20H2,1H3,(H,26,27)/b25-19-. The van der Waals surface area contributed by atoms with E-state index in [1.165, 1.54) is 32.1 Å². The Morgan fingerprint density at radius 1 is 0.929 bits per heavy atom. The highest BCUT2D eigenvalue weighted by atomic mass is 16.5. The molecule has 0 aliphatic carbocycles. The molecular formula is C24H32N2O2. The molecule has 0 bridgehead atoms. The normalized spacial score (nSPS) is 10.9. The fraction of sp³-hybridized carbons (Fsp3) is 0.417. The van der Waals surface area contributed by atoms with Gasteiger partial charge in [0.25, 0.3) is 0 Å². The Bertz CT molecular complexity index is 714. The molecule has 0 aliphatic rings. The second-order valence-corrected chi connectivity index (χ2v) is 6.98. The van der Waals surface area contributed by atoms with Gasteiger partial charge < -0.3 is 4.74 Å².